The van der Waals surface area contributed by atoms with E-state index in [9.17, 15) is 4.79 Å². The van der Waals surface area contributed by atoms with Gasteiger partial charge in [0.1, 0.15) is 0 Å². The molecular weight excluding hydrogens is 398 g/mol. The normalized spacial score (nSPS) is 18.7. The predicted octanol–water partition coefficient (Wildman–Crippen LogP) is 4.48. The fourth-order valence-electron chi connectivity index (χ4n) is 5.67. The average Bonchev–Trinajstić information content (AvgIpc) is 3.15. The number of carbonyl (C=O) groups excluding carboxylic acids is 1. The molecule has 0 aliphatic carbocycles. The SMILES string of the molecule is CCn1cc(CN2CCCC3(CCN(c4nc(C)cc(C)n4)CC3)C2=O)c2ccccc21. The summed E-state index contributed by atoms with van der Waals surface area (Å²) in [5.74, 6) is 1.16. The Morgan fingerprint density at radius 2 is 1.72 bits per heavy atom. The molecule has 168 valence electrons. The van der Waals surface area contributed by atoms with Crippen molar-refractivity contribution in [3.63, 3.8) is 0 Å². The van der Waals surface area contributed by atoms with E-state index in [1.54, 1.807) is 0 Å². The Labute approximate surface area is 190 Å². The molecule has 2 aliphatic rings. The molecule has 32 heavy (non-hydrogen) atoms. The van der Waals surface area contributed by atoms with Crippen molar-refractivity contribution >= 4 is 22.8 Å². The van der Waals surface area contributed by atoms with E-state index < -0.39 is 0 Å². The van der Waals surface area contributed by atoms with Crippen molar-refractivity contribution in [3.05, 3.63) is 53.5 Å². The molecule has 2 aliphatic heterocycles. The van der Waals surface area contributed by atoms with Crippen LogP contribution in [0.2, 0.25) is 0 Å². The van der Waals surface area contributed by atoms with Gasteiger partial charge >= 0.3 is 0 Å². The maximum Gasteiger partial charge on any atom is 0.229 e. The number of benzene rings is 1. The van der Waals surface area contributed by atoms with E-state index in [1.807, 2.05) is 19.9 Å². The molecule has 0 bridgehead atoms. The minimum Gasteiger partial charge on any atom is -0.347 e. The molecular formula is C26H33N5O. The van der Waals surface area contributed by atoms with E-state index in [4.69, 9.17) is 0 Å². The van der Waals surface area contributed by atoms with Crippen molar-refractivity contribution in [2.24, 2.45) is 5.41 Å². The lowest BCUT2D eigenvalue weighted by Gasteiger charge is -2.46. The molecule has 1 amide bonds. The third kappa shape index (κ3) is 3.65. The zero-order valence-corrected chi connectivity index (χ0v) is 19.5. The Bertz CT molecular complexity index is 1120. The van der Waals surface area contributed by atoms with Crippen LogP contribution in [-0.4, -0.2) is 45.0 Å². The fraction of sp³-hybridized carbons (Fsp3) is 0.500. The lowest BCUT2D eigenvalue weighted by atomic mass is 9.71. The van der Waals surface area contributed by atoms with Gasteiger partial charge in [-0.15, -0.1) is 0 Å². The highest BCUT2D eigenvalue weighted by molar-refractivity contribution is 5.86. The summed E-state index contributed by atoms with van der Waals surface area (Å²) in [6.07, 6.45) is 6.09. The third-order valence-corrected chi connectivity index (χ3v) is 7.37. The molecule has 2 aromatic heterocycles. The van der Waals surface area contributed by atoms with E-state index in [1.165, 1.54) is 16.5 Å². The molecule has 6 heteroatoms. The van der Waals surface area contributed by atoms with Crippen LogP contribution < -0.4 is 4.90 Å². The number of anilines is 1. The first-order chi connectivity index (χ1) is 15.5. The van der Waals surface area contributed by atoms with Gasteiger partial charge in [-0.2, -0.15) is 0 Å². The Balaban J connectivity index is 1.33. The van der Waals surface area contributed by atoms with Gasteiger partial charge in [0.15, 0.2) is 0 Å². The summed E-state index contributed by atoms with van der Waals surface area (Å²) in [5, 5.41) is 1.27. The second-order valence-electron chi connectivity index (χ2n) is 9.51. The second kappa shape index (κ2) is 8.23. The number of hydrogen-bond donors (Lipinski definition) is 0. The highest BCUT2D eigenvalue weighted by Crippen LogP contribution is 2.42. The molecule has 1 spiro atoms. The number of fused-ring (bicyclic) bond motifs is 1. The summed E-state index contributed by atoms with van der Waals surface area (Å²) in [6.45, 7) is 10.4. The van der Waals surface area contributed by atoms with Crippen LogP contribution in [0.15, 0.2) is 36.5 Å². The number of carbonyl (C=O) groups is 1. The number of aromatic nitrogens is 3. The molecule has 6 nitrogen and oxygen atoms in total. The Morgan fingerprint density at radius 3 is 2.44 bits per heavy atom. The summed E-state index contributed by atoms with van der Waals surface area (Å²) >= 11 is 0. The number of piperidine rings is 2. The van der Waals surface area contributed by atoms with Crippen molar-refractivity contribution in [3.8, 4) is 0 Å². The van der Waals surface area contributed by atoms with Gasteiger partial charge in [0, 0.05) is 61.2 Å². The first-order valence-electron chi connectivity index (χ1n) is 11.9. The Kier molecular flexibility index (Phi) is 5.39. The van der Waals surface area contributed by atoms with E-state index in [0.29, 0.717) is 12.5 Å². The van der Waals surface area contributed by atoms with Crippen LogP contribution in [0.1, 0.15) is 49.6 Å². The monoisotopic (exact) mass is 431 g/mol. The van der Waals surface area contributed by atoms with Gasteiger partial charge in [-0.3, -0.25) is 4.79 Å². The second-order valence-corrected chi connectivity index (χ2v) is 9.51. The predicted molar refractivity (Wildman–Crippen MR) is 128 cm³/mol. The number of amides is 1. The van der Waals surface area contributed by atoms with Crippen molar-refractivity contribution in [2.75, 3.05) is 24.5 Å². The summed E-state index contributed by atoms with van der Waals surface area (Å²) in [7, 11) is 0. The first-order valence-corrected chi connectivity index (χ1v) is 11.9. The van der Waals surface area contributed by atoms with Crippen molar-refractivity contribution in [1.82, 2.24) is 19.4 Å². The molecule has 0 unspecified atom stereocenters. The van der Waals surface area contributed by atoms with Crippen LogP contribution in [-0.2, 0) is 17.9 Å². The molecule has 0 saturated carbocycles. The van der Waals surface area contributed by atoms with Crippen LogP contribution in [0.3, 0.4) is 0 Å². The van der Waals surface area contributed by atoms with Gasteiger partial charge in [-0.1, -0.05) is 18.2 Å². The maximum atomic E-state index is 13.7. The van der Waals surface area contributed by atoms with E-state index >= 15 is 0 Å². The largest absolute Gasteiger partial charge is 0.347 e. The molecule has 0 radical (unpaired) electrons. The van der Waals surface area contributed by atoms with Gasteiger partial charge in [-0.25, -0.2) is 9.97 Å². The van der Waals surface area contributed by atoms with Crippen LogP contribution >= 0.6 is 0 Å². The van der Waals surface area contributed by atoms with Crippen LogP contribution in [0, 0.1) is 19.3 Å². The molecule has 4 heterocycles. The van der Waals surface area contributed by atoms with Crippen molar-refractivity contribution in [2.45, 2.75) is 59.5 Å². The fourth-order valence-corrected chi connectivity index (χ4v) is 5.67. The summed E-state index contributed by atoms with van der Waals surface area (Å²) < 4.78 is 2.29. The van der Waals surface area contributed by atoms with Crippen LogP contribution in [0.5, 0.6) is 0 Å². The lowest BCUT2D eigenvalue weighted by molar-refractivity contribution is -0.148. The Hall–Kier alpha value is -2.89. The lowest BCUT2D eigenvalue weighted by Crippen LogP contribution is -2.53. The quantitative estimate of drug-likeness (QED) is 0.611. The number of para-hydroxylation sites is 1. The standard InChI is InChI=1S/C26H33N5O/c1-4-29-17-21(22-8-5-6-9-23(22)29)18-31-13-7-10-26(24(31)32)11-14-30(15-12-26)25-27-19(2)16-20(3)28-25/h5-6,8-9,16-17H,4,7,10-15,18H2,1-3H3. The summed E-state index contributed by atoms with van der Waals surface area (Å²) in [5.41, 5.74) is 4.29. The molecule has 3 aromatic rings. The molecule has 1 aromatic carbocycles. The summed E-state index contributed by atoms with van der Waals surface area (Å²) in [6, 6.07) is 10.5. The van der Waals surface area contributed by atoms with Gasteiger partial charge < -0.3 is 14.4 Å². The maximum absolute atomic E-state index is 13.7. The highest BCUT2D eigenvalue weighted by Gasteiger charge is 2.46. The van der Waals surface area contributed by atoms with Crippen LogP contribution in [0.4, 0.5) is 5.95 Å². The van der Waals surface area contributed by atoms with Crippen LogP contribution in [0.25, 0.3) is 10.9 Å². The van der Waals surface area contributed by atoms with Gasteiger partial charge in [-0.05, 0) is 64.2 Å². The van der Waals surface area contributed by atoms with Gasteiger partial charge in [0.2, 0.25) is 11.9 Å². The molecule has 2 fully saturated rings. The van der Waals surface area contributed by atoms with Gasteiger partial charge in [0.05, 0.1) is 5.41 Å². The zero-order chi connectivity index (χ0) is 22.3. The third-order valence-electron chi connectivity index (χ3n) is 7.37. The number of likely N-dealkylation sites (tertiary alicyclic amines) is 1. The number of nitrogens with zero attached hydrogens (tertiary/aromatic N) is 5. The molecule has 2 saturated heterocycles. The number of hydrogen-bond acceptors (Lipinski definition) is 4. The van der Waals surface area contributed by atoms with Gasteiger partial charge in [0.25, 0.3) is 0 Å². The smallest absolute Gasteiger partial charge is 0.229 e. The van der Waals surface area contributed by atoms with E-state index in [-0.39, 0.29) is 5.41 Å². The minimum absolute atomic E-state index is 0.225. The zero-order valence-electron chi connectivity index (χ0n) is 19.5. The average molecular weight is 432 g/mol. The molecule has 5 rings (SSSR count). The Morgan fingerprint density at radius 1 is 1.00 bits per heavy atom. The molecule has 0 atom stereocenters. The summed E-state index contributed by atoms with van der Waals surface area (Å²) in [4.78, 5) is 27.4. The van der Waals surface area contributed by atoms with Crippen molar-refractivity contribution < 1.29 is 4.79 Å². The first kappa shape index (κ1) is 21.0. The highest BCUT2D eigenvalue weighted by atomic mass is 16.2. The minimum atomic E-state index is -0.225. The topological polar surface area (TPSA) is 54.3 Å². The number of rotatable bonds is 4. The molecule has 0 N–H and O–H groups in total. The van der Waals surface area contributed by atoms with Crippen molar-refractivity contribution in [1.29, 1.82) is 0 Å². The number of aryl methyl sites for hydroxylation is 3. The van der Waals surface area contributed by atoms with E-state index in [2.05, 4.69) is 61.7 Å². The van der Waals surface area contributed by atoms with E-state index in [0.717, 1.165) is 69.2 Å².